The summed E-state index contributed by atoms with van der Waals surface area (Å²) in [7, 11) is 1.20. The summed E-state index contributed by atoms with van der Waals surface area (Å²) in [5, 5.41) is 0. The summed E-state index contributed by atoms with van der Waals surface area (Å²) in [6.45, 7) is 1.56. The SMILES string of the molecule is COC(=O)c1ccc(C(=O)c2cccc(C)c2F)o1. The Balaban J connectivity index is 2.37. The monoisotopic (exact) mass is 262 g/mol. The van der Waals surface area contributed by atoms with E-state index in [1.165, 1.54) is 25.3 Å². The average Bonchev–Trinajstić information content (AvgIpc) is 2.90. The van der Waals surface area contributed by atoms with Crippen LogP contribution in [0.5, 0.6) is 0 Å². The van der Waals surface area contributed by atoms with E-state index in [-0.39, 0.29) is 17.1 Å². The molecule has 0 bridgehead atoms. The largest absolute Gasteiger partial charge is 0.463 e. The van der Waals surface area contributed by atoms with Crippen molar-refractivity contribution in [2.45, 2.75) is 6.92 Å². The summed E-state index contributed by atoms with van der Waals surface area (Å²) in [4.78, 5) is 23.3. The topological polar surface area (TPSA) is 56.5 Å². The molecule has 1 aromatic heterocycles. The predicted octanol–water partition coefficient (Wildman–Crippen LogP) is 2.74. The number of hydrogen-bond acceptors (Lipinski definition) is 4. The predicted molar refractivity (Wildman–Crippen MR) is 64.6 cm³/mol. The van der Waals surface area contributed by atoms with E-state index in [9.17, 15) is 14.0 Å². The van der Waals surface area contributed by atoms with E-state index in [1.807, 2.05) is 0 Å². The van der Waals surface area contributed by atoms with Crippen molar-refractivity contribution in [1.82, 2.24) is 0 Å². The maximum Gasteiger partial charge on any atom is 0.373 e. The molecule has 98 valence electrons. The lowest BCUT2D eigenvalue weighted by Crippen LogP contribution is -2.04. The van der Waals surface area contributed by atoms with Gasteiger partial charge in [-0.3, -0.25) is 4.79 Å². The molecule has 0 N–H and O–H groups in total. The van der Waals surface area contributed by atoms with Crippen molar-refractivity contribution in [3.05, 3.63) is 58.8 Å². The van der Waals surface area contributed by atoms with Gasteiger partial charge in [0.15, 0.2) is 5.76 Å². The Morgan fingerprint density at radius 3 is 2.53 bits per heavy atom. The lowest BCUT2D eigenvalue weighted by atomic mass is 10.1. The van der Waals surface area contributed by atoms with Gasteiger partial charge in [0.1, 0.15) is 5.82 Å². The Morgan fingerprint density at radius 2 is 1.84 bits per heavy atom. The summed E-state index contributed by atoms with van der Waals surface area (Å²) in [5.74, 6) is -2.10. The van der Waals surface area contributed by atoms with Crippen molar-refractivity contribution in [3.8, 4) is 0 Å². The Kier molecular flexibility index (Phi) is 3.46. The Labute approximate surface area is 108 Å². The summed E-state index contributed by atoms with van der Waals surface area (Å²) in [5.41, 5.74) is 0.274. The number of aryl methyl sites for hydroxylation is 1. The van der Waals surface area contributed by atoms with Crippen LogP contribution in [0.1, 0.15) is 32.2 Å². The normalized spacial score (nSPS) is 10.3. The lowest BCUT2D eigenvalue weighted by molar-refractivity contribution is 0.0563. The van der Waals surface area contributed by atoms with E-state index < -0.39 is 17.6 Å². The van der Waals surface area contributed by atoms with E-state index in [0.717, 1.165) is 0 Å². The summed E-state index contributed by atoms with van der Waals surface area (Å²) in [6, 6.07) is 7.14. The van der Waals surface area contributed by atoms with Gasteiger partial charge in [0.05, 0.1) is 12.7 Å². The molecule has 0 atom stereocenters. The number of carbonyl (C=O) groups excluding carboxylic acids is 2. The second kappa shape index (κ2) is 5.06. The van der Waals surface area contributed by atoms with Crippen molar-refractivity contribution in [2.24, 2.45) is 0 Å². The van der Waals surface area contributed by atoms with Crippen LogP contribution in [0.4, 0.5) is 4.39 Å². The van der Waals surface area contributed by atoms with Crippen molar-refractivity contribution in [1.29, 1.82) is 0 Å². The zero-order valence-electron chi connectivity index (χ0n) is 10.4. The van der Waals surface area contributed by atoms with Gasteiger partial charge in [-0.2, -0.15) is 0 Å². The van der Waals surface area contributed by atoms with Gasteiger partial charge >= 0.3 is 5.97 Å². The first-order valence-electron chi connectivity index (χ1n) is 5.52. The van der Waals surface area contributed by atoms with Crippen molar-refractivity contribution in [3.63, 3.8) is 0 Å². The van der Waals surface area contributed by atoms with Crippen molar-refractivity contribution in [2.75, 3.05) is 7.11 Å². The van der Waals surface area contributed by atoms with Crippen LogP contribution in [0.15, 0.2) is 34.7 Å². The van der Waals surface area contributed by atoms with E-state index in [4.69, 9.17) is 4.42 Å². The molecule has 0 spiro atoms. The minimum atomic E-state index is -0.691. The first-order chi connectivity index (χ1) is 9.04. The Morgan fingerprint density at radius 1 is 1.16 bits per heavy atom. The lowest BCUT2D eigenvalue weighted by Gasteiger charge is -2.02. The zero-order chi connectivity index (χ0) is 14.0. The number of rotatable bonds is 3. The number of ketones is 1. The third kappa shape index (κ3) is 2.40. The van der Waals surface area contributed by atoms with Gasteiger partial charge in [0, 0.05) is 0 Å². The number of halogens is 1. The minimum Gasteiger partial charge on any atom is -0.463 e. The van der Waals surface area contributed by atoms with Crippen LogP contribution in [0, 0.1) is 12.7 Å². The molecule has 1 aromatic carbocycles. The highest BCUT2D eigenvalue weighted by molar-refractivity contribution is 6.07. The molecule has 0 aliphatic heterocycles. The number of benzene rings is 1. The molecule has 19 heavy (non-hydrogen) atoms. The molecule has 0 aliphatic carbocycles. The quantitative estimate of drug-likeness (QED) is 0.630. The fourth-order valence-corrected chi connectivity index (χ4v) is 1.63. The highest BCUT2D eigenvalue weighted by Crippen LogP contribution is 2.18. The molecule has 2 aromatic rings. The molecule has 5 heteroatoms. The average molecular weight is 262 g/mol. The maximum atomic E-state index is 13.8. The molecule has 0 radical (unpaired) electrons. The standard InChI is InChI=1S/C14H11FO4/c1-8-4-3-5-9(12(8)15)13(16)10-6-7-11(19-10)14(17)18-2/h3-7H,1-2H3. The van der Waals surface area contributed by atoms with E-state index in [1.54, 1.807) is 19.1 Å². The molecular weight excluding hydrogens is 251 g/mol. The highest BCUT2D eigenvalue weighted by Gasteiger charge is 2.20. The van der Waals surface area contributed by atoms with E-state index >= 15 is 0 Å². The molecular formula is C14H11FO4. The Bertz CT molecular complexity index is 643. The third-order valence-electron chi connectivity index (χ3n) is 2.65. The molecule has 2 rings (SSSR count). The van der Waals surface area contributed by atoms with Crippen LogP contribution in [-0.2, 0) is 4.74 Å². The fourth-order valence-electron chi connectivity index (χ4n) is 1.63. The second-order valence-corrected chi connectivity index (χ2v) is 3.92. The van der Waals surface area contributed by atoms with Crippen LogP contribution in [0.2, 0.25) is 0 Å². The van der Waals surface area contributed by atoms with Crippen LogP contribution in [0.25, 0.3) is 0 Å². The van der Waals surface area contributed by atoms with Gasteiger partial charge < -0.3 is 9.15 Å². The summed E-state index contributed by atoms with van der Waals surface area (Å²) < 4.78 is 23.3. The molecule has 0 unspecified atom stereocenters. The number of furan rings is 1. The fraction of sp³-hybridized carbons (Fsp3) is 0.143. The molecule has 0 amide bonds. The van der Waals surface area contributed by atoms with Crippen LogP contribution < -0.4 is 0 Å². The number of hydrogen-bond donors (Lipinski definition) is 0. The summed E-state index contributed by atoms with van der Waals surface area (Å²) in [6.07, 6.45) is 0. The molecule has 0 saturated carbocycles. The van der Waals surface area contributed by atoms with Crippen LogP contribution in [0.3, 0.4) is 0 Å². The number of esters is 1. The van der Waals surface area contributed by atoms with Crippen molar-refractivity contribution >= 4 is 11.8 Å². The minimum absolute atomic E-state index is 0.0919. The van der Waals surface area contributed by atoms with E-state index in [0.29, 0.717) is 5.56 Å². The maximum absolute atomic E-state index is 13.8. The van der Waals surface area contributed by atoms with Gasteiger partial charge in [-0.05, 0) is 30.7 Å². The summed E-state index contributed by atoms with van der Waals surface area (Å²) >= 11 is 0. The smallest absolute Gasteiger partial charge is 0.373 e. The zero-order valence-corrected chi connectivity index (χ0v) is 10.4. The van der Waals surface area contributed by atoms with Crippen LogP contribution >= 0.6 is 0 Å². The first kappa shape index (κ1) is 13.0. The van der Waals surface area contributed by atoms with Gasteiger partial charge in [0.2, 0.25) is 11.5 Å². The Hall–Kier alpha value is -2.43. The molecule has 1 heterocycles. The van der Waals surface area contributed by atoms with Crippen LogP contribution in [-0.4, -0.2) is 18.9 Å². The second-order valence-electron chi connectivity index (χ2n) is 3.92. The van der Waals surface area contributed by atoms with Gasteiger partial charge in [-0.1, -0.05) is 12.1 Å². The molecule has 0 aliphatic rings. The highest BCUT2D eigenvalue weighted by atomic mass is 19.1. The van der Waals surface area contributed by atoms with Gasteiger partial charge in [-0.15, -0.1) is 0 Å². The third-order valence-corrected chi connectivity index (χ3v) is 2.65. The van der Waals surface area contributed by atoms with Gasteiger partial charge in [0.25, 0.3) is 0 Å². The van der Waals surface area contributed by atoms with E-state index in [2.05, 4.69) is 4.74 Å². The van der Waals surface area contributed by atoms with Gasteiger partial charge in [-0.25, -0.2) is 9.18 Å². The number of methoxy groups -OCH3 is 1. The molecule has 4 nitrogen and oxygen atoms in total. The number of ether oxygens (including phenoxy) is 1. The number of carbonyl (C=O) groups is 2. The molecule has 0 saturated heterocycles. The van der Waals surface area contributed by atoms with Crippen molar-refractivity contribution < 1.29 is 23.1 Å². The first-order valence-corrected chi connectivity index (χ1v) is 5.52. The molecule has 0 fully saturated rings.